The Morgan fingerprint density at radius 3 is 2.44 bits per heavy atom. The van der Waals surface area contributed by atoms with E-state index in [-0.39, 0.29) is 4.90 Å². The molecule has 18 heavy (non-hydrogen) atoms. The second kappa shape index (κ2) is 5.07. The summed E-state index contributed by atoms with van der Waals surface area (Å²) >= 11 is 3.21. The number of hydrogen-bond donors (Lipinski definition) is 0. The molecule has 0 unspecified atom stereocenters. The number of rotatable bonds is 3. The van der Waals surface area contributed by atoms with Crippen LogP contribution >= 0.6 is 15.9 Å². The number of hydrogen-bond acceptors (Lipinski definition) is 3. The van der Waals surface area contributed by atoms with Crippen molar-refractivity contribution in [2.75, 3.05) is 11.4 Å². The highest BCUT2D eigenvalue weighted by Gasteiger charge is 2.21. The molecule has 0 aliphatic carbocycles. The minimum Gasteiger partial charge on any atom is -0.269 e. The highest BCUT2D eigenvalue weighted by atomic mass is 79.9. The van der Waals surface area contributed by atoms with Gasteiger partial charge in [0.1, 0.15) is 4.90 Å². The first-order valence-corrected chi connectivity index (χ1v) is 7.39. The van der Waals surface area contributed by atoms with Crippen LogP contribution in [0.1, 0.15) is 0 Å². The molecule has 2 aromatic rings. The number of halogens is 1. The molecular formula is C12H11BrN2O2S. The quantitative estimate of drug-likeness (QED) is 0.871. The Kier molecular flexibility index (Phi) is 3.68. The molecule has 0 amide bonds. The topological polar surface area (TPSA) is 50.3 Å². The van der Waals surface area contributed by atoms with Gasteiger partial charge in [-0.05, 0) is 34.1 Å². The van der Waals surface area contributed by atoms with Crippen molar-refractivity contribution in [3.63, 3.8) is 0 Å². The van der Waals surface area contributed by atoms with Crippen LogP contribution < -0.4 is 4.31 Å². The van der Waals surface area contributed by atoms with E-state index in [9.17, 15) is 8.42 Å². The summed E-state index contributed by atoms with van der Waals surface area (Å²) in [4.78, 5) is 4.03. The number of anilines is 1. The largest absolute Gasteiger partial charge is 0.269 e. The van der Waals surface area contributed by atoms with Crippen LogP contribution in [0.25, 0.3) is 0 Å². The summed E-state index contributed by atoms with van der Waals surface area (Å²) in [5, 5.41) is 0. The number of benzene rings is 1. The first-order valence-electron chi connectivity index (χ1n) is 5.16. The molecule has 0 N–H and O–H groups in total. The standard InChI is InChI=1S/C12H11BrN2O2S/c1-15(11-5-3-2-4-6-11)18(16,17)12-7-10(13)8-14-9-12/h2-9H,1H3. The Hall–Kier alpha value is -1.40. The molecule has 0 saturated heterocycles. The smallest absolute Gasteiger partial charge is 0.265 e. The third kappa shape index (κ3) is 2.54. The van der Waals surface area contributed by atoms with Gasteiger partial charge in [-0.1, -0.05) is 18.2 Å². The van der Waals surface area contributed by atoms with Gasteiger partial charge in [0.2, 0.25) is 0 Å². The predicted octanol–water partition coefficient (Wildman–Crippen LogP) is 2.67. The number of aromatic nitrogens is 1. The lowest BCUT2D eigenvalue weighted by Crippen LogP contribution is -2.26. The van der Waals surface area contributed by atoms with Gasteiger partial charge < -0.3 is 0 Å². The Bertz CT molecular complexity index is 644. The van der Waals surface area contributed by atoms with E-state index in [0.717, 1.165) is 0 Å². The third-order valence-corrected chi connectivity index (χ3v) is 4.64. The molecule has 0 aliphatic rings. The van der Waals surface area contributed by atoms with Gasteiger partial charge in [-0.25, -0.2) is 8.42 Å². The molecule has 6 heteroatoms. The van der Waals surface area contributed by atoms with E-state index >= 15 is 0 Å². The number of nitrogens with zero attached hydrogens (tertiary/aromatic N) is 2. The zero-order valence-electron chi connectivity index (χ0n) is 9.62. The van der Waals surface area contributed by atoms with Crippen LogP contribution in [0.4, 0.5) is 5.69 Å². The lowest BCUT2D eigenvalue weighted by molar-refractivity contribution is 0.594. The summed E-state index contributed by atoms with van der Waals surface area (Å²) in [6.07, 6.45) is 2.88. The van der Waals surface area contributed by atoms with Gasteiger partial charge in [0.05, 0.1) is 5.69 Å². The summed E-state index contributed by atoms with van der Waals surface area (Å²) in [5.41, 5.74) is 0.609. The maximum absolute atomic E-state index is 12.3. The van der Waals surface area contributed by atoms with Crippen molar-refractivity contribution in [1.29, 1.82) is 0 Å². The van der Waals surface area contributed by atoms with Crippen LogP contribution in [0.3, 0.4) is 0 Å². The predicted molar refractivity (Wildman–Crippen MR) is 74.0 cm³/mol. The van der Waals surface area contributed by atoms with E-state index < -0.39 is 10.0 Å². The third-order valence-electron chi connectivity index (χ3n) is 2.46. The van der Waals surface area contributed by atoms with Crippen molar-refractivity contribution in [2.45, 2.75) is 4.90 Å². The molecule has 2 rings (SSSR count). The van der Waals surface area contributed by atoms with Crippen molar-refractivity contribution in [3.8, 4) is 0 Å². The zero-order valence-corrected chi connectivity index (χ0v) is 12.0. The first kappa shape index (κ1) is 13.0. The fourth-order valence-electron chi connectivity index (χ4n) is 1.47. The maximum Gasteiger partial charge on any atom is 0.265 e. The maximum atomic E-state index is 12.3. The van der Waals surface area contributed by atoms with Gasteiger partial charge in [-0.2, -0.15) is 0 Å². The van der Waals surface area contributed by atoms with Crippen LogP contribution in [0.2, 0.25) is 0 Å². The normalized spacial score (nSPS) is 11.2. The van der Waals surface area contributed by atoms with Crippen molar-refractivity contribution in [2.24, 2.45) is 0 Å². The molecule has 0 radical (unpaired) electrons. The highest BCUT2D eigenvalue weighted by molar-refractivity contribution is 9.10. The van der Waals surface area contributed by atoms with Gasteiger partial charge in [-0.15, -0.1) is 0 Å². The average Bonchev–Trinajstić information content (AvgIpc) is 2.39. The molecule has 0 atom stereocenters. The molecule has 0 aliphatic heterocycles. The molecule has 1 heterocycles. The van der Waals surface area contributed by atoms with Crippen molar-refractivity contribution in [1.82, 2.24) is 4.98 Å². The molecule has 4 nitrogen and oxygen atoms in total. The Morgan fingerprint density at radius 2 is 1.83 bits per heavy atom. The van der Waals surface area contributed by atoms with Gasteiger partial charge in [-0.3, -0.25) is 9.29 Å². The van der Waals surface area contributed by atoms with Crippen LogP contribution in [-0.2, 0) is 10.0 Å². The summed E-state index contributed by atoms with van der Waals surface area (Å²) < 4.78 is 26.6. The summed E-state index contributed by atoms with van der Waals surface area (Å²) in [6, 6.07) is 10.4. The van der Waals surface area contributed by atoms with Crippen molar-refractivity contribution >= 4 is 31.6 Å². The lowest BCUT2D eigenvalue weighted by Gasteiger charge is -2.19. The minimum atomic E-state index is -3.57. The minimum absolute atomic E-state index is 0.156. The molecule has 1 aromatic heterocycles. The van der Waals surface area contributed by atoms with E-state index in [1.165, 1.54) is 23.6 Å². The second-order valence-corrected chi connectivity index (χ2v) is 6.53. The monoisotopic (exact) mass is 326 g/mol. The summed E-state index contributed by atoms with van der Waals surface area (Å²) in [5.74, 6) is 0. The van der Waals surface area contributed by atoms with Crippen LogP contribution in [-0.4, -0.2) is 20.4 Å². The fourth-order valence-corrected chi connectivity index (χ4v) is 3.17. The van der Waals surface area contributed by atoms with Gasteiger partial charge >= 0.3 is 0 Å². The van der Waals surface area contributed by atoms with E-state index in [2.05, 4.69) is 20.9 Å². The Morgan fingerprint density at radius 1 is 1.17 bits per heavy atom. The average molecular weight is 327 g/mol. The molecule has 94 valence electrons. The second-order valence-electron chi connectivity index (χ2n) is 3.65. The lowest BCUT2D eigenvalue weighted by atomic mass is 10.3. The highest BCUT2D eigenvalue weighted by Crippen LogP contribution is 2.22. The molecule has 0 saturated carbocycles. The molecule has 0 bridgehead atoms. The zero-order chi connectivity index (χ0) is 13.2. The van der Waals surface area contributed by atoms with Crippen molar-refractivity contribution in [3.05, 3.63) is 53.3 Å². The SMILES string of the molecule is CN(c1ccccc1)S(=O)(=O)c1cncc(Br)c1. The number of sulfonamides is 1. The van der Waals surface area contributed by atoms with Gasteiger partial charge in [0.15, 0.2) is 0 Å². The van der Waals surface area contributed by atoms with Crippen LogP contribution in [0.15, 0.2) is 58.2 Å². The number of pyridine rings is 1. The van der Waals surface area contributed by atoms with E-state index in [1.54, 1.807) is 30.5 Å². The molecular weight excluding hydrogens is 316 g/mol. The van der Waals surface area contributed by atoms with Crippen LogP contribution in [0, 0.1) is 0 Å². The first-order chi connectivity index (χ1) is 8.51. The Balaban J connectivity index is 2.44. The molecule has 0 spiro atoms. The summed E-state index contributed by atoms with van der Waals surface area (Å²) in [7, 11) is -2.05. The van der Waals surface area contributed by atoms with Gasteiger partial charge in [0.25, 0.3) is 10.0 Å². The fraction of sp³-hybridized carbons (Fsp3) is 0.0833. The van der Waals surface area contributed by atoms with Crippen LogP contribution in [0.5, 0.6) is 0 Å². The van der Waals surface area contributed by atoms with E-state index in [0.29, 0.717) is 10.2 Å². The molecule has 1 aromatic carbocycles. The molecule has 0 fully saturated rings. The number of para-hydroxylation sites is 1. The van der Waals surface area contributed by atoms with Gasteiger partial charge in [0, 0.05) is 23.9 Å². The summed E-state index contributed by atoms with van der Waals surface area (Å²) in [6.45, 7) is 0. The van der Waals surface area contributed by atoms with Crippen molar-refractivity contribution < 1.29 is 8.42 Å². The Labute approximate surface area is 114 Å². The van der Waals surface area contributed by atoms with E-state index in [4.69, 9.17) is 0 Å². The van der Waals surface area contributed by atoms with E-state index in [1.807, 2.05) is 6.07 Å².